The summed E-state index contributed by atoms with van der Waals surface area (Å²) >= 11 is 0. The van der Waals surface area contributed by atoms with E-state index in [0.29, 0.717) is 24.6 Å². The van der Waals surface area contributed by atoms with Crippen LogP contribution in [0.5, 0.6) is 0 Å². The molecular formula is C18H17BF3N5O3. The fraction of sp³-hybridized carbons (Fsp3) is 0.389. The highest BCUT2D eigenvalue weighted by molar-refractivity contribution is 6.62. The van der Waals surface area contributed by atoms with Crippen LogP contribution in [0.25, 0.3) is 0 Å². The topological polar surface area (TPSA) is 112 Å². The molecule has 0 spiro atoms. The smallest absolute Gasteiger partial charge is 0.423 e. The van der Waals surface area contributed by atoms with Crippen LogP contribution in [0, 0.1) is 24.2 Å². The Labute approximate surface area is 170 Å². The van der Waals surface area contributed by atoms with Gasteiger partial charge in [0.2, 0.25) is 5.95 Å². The second-order valence-corrected chi connectivity index (χ2v) is 7.13. The Morgan fingerprint density at radius 1 is 1.33 bits per heavy atom. The first-order valence-electron chi connectivity index (χ1n) is 9.14. The summed E-state index contributed by atoms with van der Waals surface area (Å²) < 4.78 is 50.7. The minimum Gasteiger partial charge on any atom is -0.423 e. The molecule has 2 aliphatic heterocycles. The predicted molar refractivity (Wildman–Crippen MR) is 101 cm³/mol. The molecule has 0 saturated carbocycles. The van der Waals surface area contributed by atoms with Crippen molar-refractivity contribution >= 4 is 30.0 Å². The maximum atomic E-state index is 13.5. The Balaban J connectivity index is 1.62. The van der Waals surface area contributed by atoms with Gasteiger partial charge < -0.3 is 25.0 Å². The number of fused-ring (bicyclic) bond motifs is 1. The summed E-state index contributed by atoms with van der Waals surface area (Å²) in [6, 6.07) is 4.29. The quantitative estimate of drug-likeness (QED) is 0.643. The number of benzene rings is 1. The summed E-state index contributed by atoms with van der Waals surface area (Å²) in [6.07, 6.45) is -3.13. The second kappa shape index (κ2) is 7.75. The molecule has 4 rings (SSSR count). The number of nitrogens with one attached hydrogen (secondary N) is 2. The molecule has 1 fully saturated rings. The number of aromatic nitrogens is 2. The van der Waals surface area contributed by atoms with Crippen LogP contribution >= 0.6 is 0 Å². The molecule has 3 heterocycles. The number of nitriles is 1. The van der Waals surface area contributed by atoms with Gasteiger partial charge in [-0.1, -0.05) is 0 Å². The van der Waals surface area contributed by atoms with Gasteiger partial charge in [-0.25, -0.2) is 4.98 Å². The van der Waals surface area contributed by atoms with Gasteiger partial charge >= 0.3 is 13.3 Å². The Morgan fingerprint density at radius 3 is 2.87 bits per heavy atom. The van der Waals surface area contributed by atoms with E-state index >= 15 is 0 Å². The summed E-state index contributed by atoms with van der Waals surface area (Å²) in [6.45, 7) is 2.33. The Bertz CT molecular complexity index is 1010. The van der Waals surface area contributed by atoms with Crippen LogP contribution < -0.4 is 16.1 Å². The zero-order valence-corrected chi connectivity index (χ0v) is 15.8. The van der Waals surface area contributed by atoms with E-state index in [4.69, 9.17) is 9.39 Å². The van der Waals surface area contributed by atoms with E-state index in [9.17, 15) is 23.5 Å². The van der Waals surface area contributed by atoms with Crippen LogP contribution in [0.15, 0.2) is 18.3 Å². The van der Waals surface area contributed by atoms with Crippen molar-refractivity contribution in [2.45, 2.75) is 25.7 Å². The summed E-state index contributed by atoms with van der Waals surface area (Å²) in [5, 5.41) is 24.9. The summed E-state index contributed by atoms with van der Waals surface area (Å²) in [5.41, 5.74) is -0.175. The third-order valence-corrected chi connectivity index (χ3v) is 5.01. The molecule has 0 aliphatic carbocycles. The van der Waals surface area contributed by atoms with Gasteiger partial charge in [-0.05, 0) is 24.6 Å². The second-order valence-electron chi connectivity index (χ2n) is 7.13. The van der Waals surface area contributed by atoms with Crippen molar-refractivity contribution in [1.82, 2.24) is 9.97 Å². The molecule has 0 amide bonds. The highest BCUT2D eigenvalue weighted by Gasteiger charge is 2.41. The zero-order valence-electron chi connectivity index (χ0n) is 15.8. The monoisotopic (exact) mass is 419 g/mol. The van der Waals surface area contributed by atoms with Crippen molar-refractivity contribution in [2.75, 3.05) is 23.8 Å². The SMILES string of the molecule is Cc1cnc(Nc2cc3c(c(C(F)(F)F)c2)B(O)OC3)nc1NC1COCC1C#N. The lowest BCUT2D eigenvalue weighted by atomic mass is 9.75. The van der Waals surface area contributed by atoms with Crippen LogP contribution in [0.3, 0.4) is 0 Å². The van der Waals surface area contributed by atoms with Crippen molar-refractivity contribution in [1.29, 1.82) is 5.26 Å². The van der Waals surface area contributed by atoms with Crippen LogP contribution in [-0.4, -0.2) is 41.4 Å². The van der Waals surface area contributed by atoms with Gasteiger partial charge in [-0.3, -0.25) is 0 Å². The number of ether oxygens (including phenoxy) is 1. The fourth-order valence-electron chi connectivity index (χ4n) is 3.46. The van der Waals surface area contributed by atoms with E-state index in [-0.39, 0.29) is 41.2 Å². The predicted octanol–water partition coefficient (Wildman–Crippen LogP) is 1.72. The van der Waals surface area contributed by atoms with Crippen molar-refractivity contribution < 1.29 is 27.6 Å². The van der Waals surface area contributed by atoms with Crippen LogP contribution in [0.1, 0.15) is 16.7 Å². The molecule has 2 atom stereocenters. The van der Waals surface area contributed by atoms with Crippen molar-refractivity contribution in [3.63, 3.8) is 0 Å². The number of nitrogens with zero attached hydrogens (tertiary/aromatic N) is 3. The van der Waals surface area contributed by atoms with E-state index in [1.807, 2.05) is 0 Å². The fourth-order valence-corrected chi connectivity index (χ4v) is 3.46. The van der Waals surface area contributed by atoms with Crippen molar-refractivity contribution in [3.05, 3.63) is 35.0 Å². The third kappa shape index (κ3) is 3.91. The standard InChI is InChI=1S/C18H17BF3N5O3/c1-9-5-24-17(27-16(9)26-14-8-29-6-11(14)4-23)25-12-2-10-7-30-19(28)15(10)13(3-12)18(20,21)22/h2-3,5,11,14,28H,6-8H2,1H3,(H2,24,25,26,27). The minimum absolute atomic E-state index is 0.0862. The minimum atomic E-state index is -4.66. The molecule has 0 radical (unpaired) electrons. The molecule has 1 aromatic heterocycles. The lowest BCUT2D eigenvalue weighted by Crippen LogP contribution is -2.34. The average Bonchev–Trinajstić information content (AvgIpc) is 3.29. The zero-order chi connectivity index (χ0) is 21.5. The normalized spacial score (nSPS) is 20.7. The molecule has 3 N–H and O–H groups in total. The highest BCUT2D eigenvalue weighted by atomic mass is 19.4. The third-order valence-electron chi connectivity index (χ3n) is 5.01. The van der Waals surface area contributed by atoms with Gasteiger partial charge in [0, 0.05) is 22.9 Å². The number of alkyl halides is 3. The molecule has 0 bridgehead atoms. The van der Waals surface area contributed by atoms with Crippen molar-refractivity contribution in [2.24, 2.45) is 5.92 Å². The van der Waals surface area contributed by atoms with Crippen LogP contribution in [0.4, 0.5) is 30.6 Å². The van der Waals surface area contributed by atoms with Gasteiger partial charge in [-0.2, -0.15) is 23.4 Å². The number of anilines is 3. The van der Waals surface area contributed by atoms with E-state index in [0.717, 1.165) is 6.07 Å². The first-order chi connectivity index (χ1) is 14.3. The number of hydrogen-bond donors (Lipinski definition) is 3. The Kier molecular flexibility index (Phi) is 5.27. The summed E-state index contributed by atoms with van der Waals surface area (Å²) in [7, 11) is -1.61. The first-order valence-corrected chi connectivity index (χ1v) is 9.14. The number of halogens is 3. The maximum absolute atomic E-state index is 13.5. The Hall–Kier alpha value is -2.88. The molecule has 12 heteroatoms. The van der Waals surface area contributed by atoms with Gasteiger partial charge in [0.05, 0.1) is 43.4 Å². The summed E-state index contributed by atoms with van der Waals surface area (Å²) in [5.74, 6) is 0.218. The van der Waals surface area contributed by atoms with E-state index < -0.39 is 18.9 Å². The lowest BCUT2D eigenvalue weighted by Gasteiger charge is -2.18. The average molecular weight is 419 g/mol. The summed E-state index contributed by atoms with van der Waals surface area (Å²) in [4.78, 5) is 8.47. The lowest BCUT2D eigenvalue weighted by molar-refractivity contribution is -0.136. The Morgan fingerprint density at radius 2 is 2.13 bits per heavy atom. The van der Waals surface area contributed by atoms with Gasteiger partial charge in [0.1, 0.15) is 5.82 Å². The molecular weight excluding hydrogens is 402 g/mol. The molecule has 2 aliphatic rings. The van der Waals surface area contributed by atoms with E-state index in [2.05, 4.69) is 26.7 Å². The number of hydrogen-bond acceptors (Lipinski definition) is 8. The largest absolute Gasteiger partial charge is 0.492 e. The maximum Gasteiger partial charge on any atom is 0.492 e. The van der Waals surface area contributed by atoms with Gasteiger partial charge in [0.15, 0.2) is 0 Å². The highest BCUT2D eigenvalue weighted by Crippen LogP contribution is 2.33. The molecule has 2 unspecified atom stereocenters. The van der Waals surface area contributed by atoms with Crippen LogP contribution in [0.2, 0.25) is 0 Å². The van der Waals surface area contributed by atoms with Crippen LogP contribution in [-0.2, 0) is 22.2 Å². The van der Waals surface area contributed by atoms with Gasteiger partial charge in [-0.15, -0.1) is 0 Å². The molecule has 1 saturated heterocycles. The van der Waals surface area contributed by atoms with Crippen molar-refractivity contribution in [3.8, 4) is 6.07 Å². The van der Waals surface area contributed by atoms with E-state index in [1.165, 1.54) is 12.3 Å². The number of aryl methyl sites for hydroxylation is 1. The molecule has 30 heavy (non-hydrogen) atoms. The van der Waals surface area contributed by atoms with E-state index in [1.54, 1.807) is 6.92 Å². The first kappa shape index (κ1) is 20.4. The molecule has 1 aromatic carbocycles. The number of rotatable bonds is 4. The molecule has 8 nitrogen and oxygen atoms in total. The molecule has 156 valence electrons. The van der Waals surface area contributed by atoms with Gasteiger partial charge in [0.25, 0.3) is 0 Å². The molecule has 2 aromatic rings.